The Labute approximate surface area is 97.4 Å². The van der Waals surface area contributed by atoms with E-state index in [9.17, 15) is 0 Å². The van der Waals surface area contributed by atoms with Crippen LogP contribution >= 0.6 is 11.5 Å². The molecule has 5 nitrogen and oxygen atoms in total. The highest BCUT2D eigenvalue weighted by Crippen LogP contribution is 2.20. The lowest BCUT2D eigenvalue weighted by atomic mass is 10.3. The zero-order valence-corrected chi connectivity index (χ0v) is 9.41. The fourth-order valence-electron chi connectivity index (χ4n) is 1.16. The van der Waals surface area contributed by atoms with Crippen molar-refractivity contribution in [2.24, 2.45) is 5.73 Å². The van der Waals surface area contributed by atoms with Crippen molar-refractivity contribution in [3.63, 3.8) is 0 Å². The van der Waals surface area contributed by atoms with Crippen LogP contribution in [0.4, 0.5) is 10.8 Å². The Morgan fingerprint density at radius 2 is 2.12 bits per heavy atom. The van der Waals surface area contributed by atoms with Gasteiger partial charge in [-0.1, -0.05) is 0 Å². The Morgan fingerprint density at radius 1 is 1.31 bits per heavy atom. The van der Waals surface area contributed by atoms with Crippen molar-refractivity contribution in [3.8, 4) is 5.75 Å². The molecule has 0 bridgehead atoms. The normalized spacial score (nSPS) is 10.1. The number of nitrogens with two attached hydrogens (primary N) is 1. The maximum absolute atomic E-state index is 5.37. The highest BCUT2D eigenvalue weighted by Gasteiger charge is 1.98. The van der Waals surface area contributed by atoms with E-state index in [1.807, 2.05) is 24.3 Å². The number of nitrogens with one attached hydrogen (secondary N) is 1. The van der Waals surface area contributed by atoms with Gasteiger partial charge in [0.15, 0.2) is 0 Å². The molecule has 0 unspecified atom stereocenters. The van der Waals surface area contributed by atoms with Crippen LogP contribution in [-0.2, 0) is 0 Å². The average Bonchev–Trinajstić information content (AvgIpc) is 2.81. The number of aromatic nitrogens is 2. The SMILES string of the molecule is NCCOc1ccc(Nc2ncns2)cc1. The lowest BCUT2D eigenvalue weighted by Gasteiger charge is -2.06. The number of nitrogens with zero attached hydrogens (tertiary/aromatic N) is 2. The molecule has 2 aromatic rings. The van der Waals surface area contributed by atoms with E-state index in [2.05, 4.69) is 14.7 Å². The minimum atomic E-state index is 0.519. The van der Waals surface area contributed by atoms with Gasteiger partial charge in [-0.3, -0.25) is 0 Å². The summed E-state index contributed by atoms with van der Waals surface area (Å²) < 4.78 is 9.27. The van der Waals surface area contributed by atoms with Crippen LogP contribution in [0.25, 0.3) is 0 Å². The van der Waals surface area contributed by atoms with E-state index >= 15 is 0 Å². The Bertz CT molecular complexity index is 415. The first-order valence-electron chi connectivity index (χ1n) is 4.85. The van der Waals surface area contributed by atoms with Crippen molar-refractivity contribution < 1.29 is 4.74 Å². The van der Waals surface area contributed by atoms with Crippen LogP contribution in [0.1, 0.15) is 0 Å². The number of benzene rings is 1. The molecule has 3 N–H and O–H groups in total. The highest BCUT2D eigenvalue weighted by atomic mass is 32.1. The molecule has 0 saturated heterocycles. The molecule has 84 valence electrons. The summed E-state index contributed by atoms with van der Waals surface area (Å²) in [4.78, 5) is 4.03. The van der Waals surface area contributed by atoms with Gasteiger partial charge in [0.05, 0.1) is 0 Å². The quantitative estimate of drug-likeness (QED) is 0.825. The topological polar surface area (TPSA) is 73.1 Å². The predicted octanol–water partition coefficient (Wildman–Crippen LogP) is 1.62. The van der Waals surface area contributed by atoms with Gasteiger partial charge in [-0.05, 0) is 24.3 Å². The summed E-state index contributed by atoms with van der Waals surface area (Å²) in [6.07, 6.45) is 1.52. The second kappa shape index (κ2) is 5.43. The second-order valence-electron chi connectivity index (χ2n) is 3.03. The molecule has 1 heterocycles. The summed E-state index contributed by atoms with van der Waals surface area (Å²) in [7, 11) is 0. The number of anilines is 2. The van der Waals surface area contributed by atoms with Crippen molar-refractivity contribution >= 4 is 22.4 Å². The van der Waals surface area contributed by atoms with Crippen molar-refractivity contribution in [1.82, 2.24) is 9.36 Å². The monoisotopic (exact) mass is 236 g/mol. The van der Waals surface area contributed by atoms with E-state index in [0.29, 0.717) is 13.2 Å². The molecule has 0 aliphatic heterocycles. The number of hydrogen-bond donors (Lipinski definition) is 2. The minimum Gasteiger partial charge on any atom is -0.492 e. The Kier molecular flexibility index (Phi) is 3.68. The van der Waals surface area contributed by atoms with E-state index < -0.39 is 0 Å². The van der Waals surface area contributed by atoms with Crippen molar-refractivity contribution in [2.75, 3.05) is 18.5 Å². The van der Waals surface area contributed by atoms with E-state index in [1.165, 1.54) is 17.9 Å². The van der Waals surface area contributed by atoms with Crippen molar-refractivity contribution in [3.05, 3.63) is 30.6 Å². The Balaban J connectivity index is 1.96. The van der Waals surface area contributed by atoms with Gasteiger partial charge in [0.25, 0.3) is 0 Å². The molecule has 0 aliphatic rings. The van der Waals surface area contributed by atoms with Crippen LogP contribution in [0.15, 0.2) is 30.6 Å². The maximum Gasteiger partial charge on any atom is 0.206 e. The molecule has 0 saturated carbocycles. The summed E-state index contributed by atoms with van der Waals surface area (Å²) in [5.74, 6) is 0.813. The smallest absolute Gasteiger partial charge is 0.206 e. The summed E-state index contributed by atoms with van der Waals surface area (Å²) in [6, 6.07) is 7.62. The third kappa shape index (κ3) is 2.91. The minimum absolute atomic E-state index is 0.519. The molecule has 2 rings (SSSR count). The average molecular weight is 236 g/mol. The van der Waals surface area contributed by atoms with Crippen LogP contribution in [0, 0.1) is 0 Å². The highest BCUT2D eigenvalue weighted by molar-refractivity contribution is 7.09. The van der Waals surface area contributed by atoms with Crippen LogP contribution in [0.2, 0.25) is 0 Å². The second-order valence-corrected chi connectivity index (χ2v) is 3.81. The first-order chi connectivity index (χ1) is 7.88. The number of rotatable bonds is 5. The molecule has 0 fully saturated rings. The Hall–Kier alpha value is -1.66. The molecule has 0 amide bonds. The Morgan fingerprint density at radius 3 is 2.75 bits per heavy atom. The van der Waals surface area contributed by atoms with E-state index in [4.69, 9.17) is 10.5 Å². The predicted molar refractivity (Wildman–Crippen MR) is 64.2 cm³/mol. The first kappa shape index (κ1) is 10.8. The van der Waals surface area contributed by atoms with Crippen LogP contribution in [-0.4, -0.2) is 22.5 Å². The first-order valence-corrected chi connectivity index (χ1v) is 5.62. The fraction of sp³-hybridized carbons (Fsp3) is 0.200. The van der Waals surface area contributed by atoms with Crippen LogP contribution < -0.4 is 15.8 Å². The van der Waals surface area contributed by atoms with Gasteiger partial charge in [0.2, 0.25) is 5.13 Å². The van der Waals surface area contributed by atoms with Gasteiger partial charge in [0.1, 0.15) is 18.7 Å². The van der Waals surface area contributed by atoms with Crippen LogP contribution in [0.3, 0.4) is 0 Å². The van der Waals surface area contributed by atoms with Gasteiger partial charge in [-0.15, -0.1) is 0 Å². The maximum atomic E-state index is 5.37. The number of hydrogen-bond acceptors (Lipinski definition) is 6. The van der Waals surface area contributed by atoms with Crippen molar-refractivity contribution in [1.29, 1.82) is 0 Å². The van der Waals surface area contributed by atoms with E-state index in [-0.39, 0.29) is 0 Å². The molecule has 0 atom stereocenters. The van der Waals surface area contributed by atoms with Crippen LogP contribution in [0.5, 0.6) is 5.75 Å². The summed E-state index contributed by atoms with van der Waals surface area (Å²) >= 11 is 1.32. The van der Waals surface area contributed by atoms with Gasteiger partial charge in [0, 0.05) is 23.8 Å². The third-order valence-electron chi connectivity index (χ3n) is 1.85. The van der Waals surface area contributed by atoms with Gasteiger partial charge >= 0.3 is 0 Å². The summed E-state index contributed by atoms with van der Waals surface area (Å²) in [6.45, 7) is 1.05. The zero-order chi connectivity index (χ0) is 11.2. The molecule has 6 heteroatoms. The molecule has 16 heavy (non-hydrogen) atoms. The van der Waals surface area contributed by atoms with Crippen molar-refractivity contribution in [2.45, 2.75) is 0 Å². The largest absolute Gasteiger partial charge is 0.492 e. The van der Waals surface area contributed by atoms with E-state index in [0.717, 1.165) is 16.6 Å². The lowest BCUT2D eigenvalue weighted by Crippen LogP contribution is -2.10. The molecular formula is C10H12N4OS. The van der Waals surface area contributed by atoms with Gasteiger partial charge in [-0.2, -0.15) is 4.37 Å². The standard InChI is InChI=1S/C10H12N4OS/c11-5-6-15-9-3-1-8(2-4-9)14-10-12-7-13-16-10/h1-4,7H,5-6,11H2,(H,12,13,14). The lowest BCUT2D eigenvalue weighted by molar-refractivity contribution is 0.328. The van der Waals surface area contributed by atoms with E-state index in [1.54, 1.807) is 0 Å². The zero-order valence-electron chi connectivity index (χ0n) is 8.59. The van der Waals surface area contributed by atoms with Gasteiger partial charge < -0.3 is 15.8 Å². The van der Waals surface area contributed by atoms with Gasteiger partial charge in [-0.25, -0.2) is 4.98 Å². The molecule has 1 aromatic carbocycles. The fourth-order valence-corrected chi connectivity index (χ4v) is 1.61. The number of ether oxygens (including phenoxy) is 1. The summed E-state index contributed by atoms with van der Waals surface area (Å²) in [5.41, 5.74) is 6.30. The molecule has 1 aromatic heterocycles. The summed E-state index contributed by atoms with van der Waals surface area (Å²) in [5, 5.41) is 3.91. The molecule has 0 aliphatic carbocycles. The molecular weight excluding hydrogens is 224 g/mol. The third-order valence-corrected chi connectivity index (χ3v) is 2.43. The molecule has 0 spiro atoms. The molecule has 0 radical (unpaired) electrons.